The van der Waals surface area contributed by atoms with E-state index in [2.05, 4.69) is 6.92 Å². The Morgan fingerprint density at radius 2 is 2.25 bits per heavy atom. The molecule has 46 valence electrons. The molecule has 1 nitrogen and oxygen atoms in total. The van der Waals surface area contributed by atoms with Gasteiger partial charge in [0.2, 0.25) is 0 Å². The van der Waals surface area contributed by atoms with Crippen molar-refractivity contribution < 1.29 is 2.84 Å². The maximum absolute atomic E-state index is 5.17. The van der Waals surface area contributed by atoms with E-state index < -0.39 is 0 Å². The van der Waals surface area contributed by atoms with E-state index in [9.17, 15) is 0 Å². The van der Waals surface area contributed by atoms with Crippen LogP contribution in [0.2, 0.25) is 5.28 Å². The van der Waals surface area contributed by atoms with Crippen LogP contribution in [0, 0.1) is 0 Å². The van der Waals surface area contributed by atoms with Crippen molar-refractivity contribution >= 4 is 32.2 Å². The molecule has 0 amide bonds. The van der Waals surface area contributed by atoms with Gasteiger partial charge in [0, 0.05) is 0 Å². The topological polar surface area (TPSA) is 9.23 Å². The highest BCUT2D eigenvalue weighted by atomic mass is 27.2. The molecule has 0 heterocycles. The van der Waals surface area contributed by atoms with Crippen LogP contribution in [-0.4, -0.2) is 32.2 Å². The highest BCUT2D eigenvalue weighted by molar-refractivity contribution is 6.34. The lowest BCUT2D eigenvalue weighted by molar-refractivity contribution is 0.646. The van der Waals surface area contributed by atoms with Gasteiger partial charge >= 0.3 is 32.2 Å². The molecular formula is C5H14Al2O. The molecule has 0 aliphatic rings. The first kappa shape index (κ1) is 9.02. The third-order valence-electron chi connectivity index (χ3n) is 1.20. The molecule has 0 saturated carbocycles. The zero-order chi connectivity index (χ0) is 6.24. The molecule has 0 saturated heterocycles. The fourth-order valence-electron chi connectivity index (χ4n) is 0.673. The zero-order valence-electron chi connectivity index (χ0n) is 5.94. The summed E-state index contributed by atoms with van der Waals surface area (Å²) >= 11 is 0.932. The minimum Gasteiger partial charge on any atom is -0.644 e. The first-order valence-corrected chi connectivity index (χ1v) is 5.80. The summed E-state index contributed by atoms with van der Waals surface area (Å²) in [6.45, 7) is 2.24. The minimum absolute atomic E-state index is 0.0369. The molecule has 0 unspecified atom stereocenters. The monoisotopic (exact) mass is 144 g/mol. The van der Waals surface area contributed by atoms with Gasteiger partial charge in [0.25, 0.3) is 0 Å². The van der Waals surface area contributed by atoms with Gasteiger partial charge in [0.15, 0.2) is 0 Å². The molecule has 0 aromatic carbocycles. The third-order valence-corrected chi connectivity index (χ3v) is 3.62. The highest BCUT2D eigenvalue weighted by Gasteiger charge is 1.88. The number of hydrogen-bond acceptors (Lipinski definition) is 1. The van der Waals surface area contributed by atoms with E-state index in [1.54, 1.807) is 0 Å². The van der Waals surface area contributed by atoms with Crippen molar-refractivity contribution in [1.29, 1.82) is 0 Å². The van der Waals surface area contributed by atoms with Crippen LogP contribution in [0.4, 0.5) is 0 Å². The fraction of sp³-hybridized carbons (Fsp3) is 1.00. The second-order valence-corrected chi connectivity index (χ2v) is 5.48. The Bertz CT molecular complexity index is 35.4. The molecule has 0 fully saturated rings. The Morgan fingerprint density at radius 1 is 1.50 bits per heavy atom. The van der Waals surface area contributed by atoms with Crippen molar-refractivity contribution in [3.05, 3.63) is 0 Å². The SMILES string of the molecule is CCCC[CH2][AlH][O][AlH2]. The molecule has 0 rings (SSSR count). The van der Waals surface area contributed by atoms with E-state index in [0.717, 1.165) is 16.6 Å². The fourth-order valence-corrected chi connectivity index (χ4v) is 2.39. The van der Waals surface area contributed by atoms with E-state index in [-0.39, 0.29) is 15.6 Å². The maximum Gasteiger partial charge on any atom is 0.404 e. The second-order valence-electron chi connectivity index (χ2n) is 2.05. The van der Waals surface area contributed by atoms with Gasteiger partial charge in [0.05, 0.1) is 0 Å². The molecule has 0 N–H and O–H groups in total. The summed E-state index contributed by atoms with van der Waals surface area (Å²) in [6.07, 6.45) is 4.15. The average Bonchev–Trinajstić information content (AvgIpc) is 1.81. The highest BCUT2D eigenvalue weighted by Crippen LogP contribution is 1.97. The van der Waals surface area contributed by atoms with Crippen LogP contribution in [-0.2, 0) is 2.84 Å². The van der Waals surface area contributed by atoms with Gasteiger partial charge in [-0.05, 0) is 0 Å². The molecule has 0 aromatic rings. The van der Waals surface area contributed by atoms with Crippen molar-refractivity contribution in [2.24, 2.45) is 0 Å². The van der Waals surface area contributed by atoms with Crippen molar-refractivity contribution in [3.8, 4) is 0 Å². The molecule has 3 heteroatoms. The standard InChI is InChI=1S/C5H11.2Al.O.3H/c1-3-5-4-2;;;;;;/h1,3-5H2,2H3;;;;;;. The van der Waals surface area contributed by atoms with Crippen molar-refractivity contribution in [1.82, 2.24) is 0 Å². The summed E-state index contributed by atoms with van der Waals surface area (Å²) in [5, 5.41) is 1.40. The van der Waals surface area contributed by atoms with Crippen LogP contribution in [0.25, 0.3) is 0 Å². The van der Waals surface area contributed by atoms with Gasteiger partial charge in [-0.3, -0.25) is 0 Å². The van der Waals surface area contributed by atoms with Gasteiger partial charge in [-0.15, -0.1) is 0 Å². The lowest BCUT2D eigenvalue weighted by Gasteiger charge is -1.93. The molecule has 0 aliphatic heterocycles. The molecule has 0 spiro atoms. The van der Waals surface area contributed by atoms with Crippen LogP contribution < -0.4 is 0 Å². The van der Waals surface area contributed by atoms with E-state index in [1.807, 2.05) is 0 Å². The van der Waals surface area contributed by atoms with Crippen molar-refractivity contribution in [2.45, 2.75) is 31.5 Å². The van der Waals surface area contributed by atoms with Crippen LogP contribution >= 0.6 is 0 Å². The molecule has 0 aromatic heterocycles. The van der Waals surface area contributed by atoms with E-state index in [0.29, 0.717) is 0 Å². The Morgan fingerprint density at radius 3 is 2.75 bits per heavy atom. The Hall–Kier alpha value is 1.02. The van der Waals surface area contributed by atoms with Crippen LogP contribution in [0.3, 0.4) is 0 Å². The quantitative estimate of drug-likeness (QED) is 0.403. The first-order valence-electron chi connectivity index (χ1n) is 3.40. The smallest absolute Gasteiger partial charge is 0.404 e. The van der Waals surface area contributed by atoms with Crippen LogP contribution in [0.1, 0.15) is 26.2 Å². The second kappa shape index (κ2) is 8.02. The normalized spacial score (nSPS) is 9.12. The molecular weight excluding hydrogens is 130 g/mol. The van der Waals surface area contributed by atoms with Gasteiger partial charge in [-0.1, -0.05) is 31.5 Å². The van der Waals surface area contributed by atoms with Crippen molar-refractivity contribution in [2.75, 3.05) is 0 Å². The van der Waals surface area contributed by atoms with E-state index in [1.165, 1.54) is 24.5 Å². The summed E-state index contributed by atoms with van der Waals surface area (Å²) in [5.41, 5.74) is 0. The van der Waals surface area contributed by atoms with E-state index in [4.69, 9.17) is 2.84 Å². The zero-order valence-corrected chi connectivity index (χ0v) is 9.36. The lowest BCUT2D eigenvalue weighted by Crippen LogP contribution is -1.92. The Kier molecular flexibility index (Phi) is 9.05. The number of unbranched alkanes of at least 4 members (excludes halogenated alkanes) is 2. The average molecular weight is 144 g/mol. The van der Waals surface area contributed by atoms with E-state index >= 15 is 0 Å². The summed E-state index contributed by atoms with van der Waals surface area (Å²) < 4.78 is 5.17. The lowest BCUT2D eigenvalue weighted by atomic mass is 10.3. The molecule has 0 radical (unpaired) electrons. The molecule has 8 heavy (non-hydrogen) atoms. The Labute approximate surface area is 66.6 Å². The van der Waals surface area contributed by atoms with Crippen LogP contribution in [0.15, 0.2) is 0 Å². The molecule has 0 aliphatic carbocycles. The number of hydrogen-bond donors (Lipinski definition) is 0. The summed E-state index contributed by atoms with van der Waals surface area (Å²) in [4.78, 5) is 0. The Balaban J connectivity index is 2.53. The third kappa shape index (κ3) is 7.02. The van der Waals surface area contributed by atoms with Crippen LogP contribution in [0.5, 0.6) is 0 Å². The van der Waals surface area contributed by atoms with Crippen molar-refractivity contribution in [3.63, 3.8) is 0 Å². The predicted molar refractivity (Wildman–Crippen MR) is 41.1 cm³/mol. The van der Waals surface area contributed by atoms with Gasteiger partial charge in [0.1, 0.15) is 0 Å². The summed E-state index contributed by atoms with van der Waals surface area (Å²) in [5.74, 6) is 0. The first-order chi connectivity index (χ1) is 3.91. The number of rotatable bonds is 5. The van der Waals surface area contributed by atoms with Gasteiger partial charge < -0.3 is 2.84 Å². The molecule has 0 bridgehead atoms. The maximum atomic E-state index is 5.17. The largest absolute Gasteiger partial charge is 0.644 e. The van der Waals surface area contributed by atoms with Gasteiger partial charge in [-0.2, -0.15) is 0 Å². The van der Waals surface area contributed by atoms with Gasteiger partial charge in [-0.25, -0.2) is 0 Å². The predicted octanol–water partition coefficient (Wildman–Crippen LogP) is 0.511. The minimum atomic E-state index is -0.0369. The summed E-state index contributed by atoms with van der Waals surface area (Å²) in [6, 6.07) is 0. The molecule has 0 atom stereocenters. The summed E-state index contributed by atoms with van der Waals surface area (Å²) in [7, 11) is 0.